The Labute approximate surface area is 176 Å². The van der Waals surface area contributed by atoms with E-state index in [-0.39, 0.29) is 22.6 Å². The number of aromatic nitrogens is 2. The minimum absolute atomic E-state index is 0.0685. The highest BCUT2D eigenvalue weighted by Crippen LogP contribution is 2.26. The van der Waals surface area contributed by atoms with Crippen molar-refractivity contribution in [3.05, 3.63) is 95.4 Å². The molecule has 2 heterocycles. The number of hydrogen-bond donors (Lipinski definition) is 2. The summed E-state index contributed by atoms with van der Waals surface area (Å²) in [6.45, 7) is 1.68. The molecule has 2 N–H and O–H groups in total. The van der Waals surface area contributed by atoms with Gasteiger partial charge in [0.1, 0.15) is 17.3 Å². The first kappa shape index (κ1) is 20.1. The molecule has 0 atom stereocenters. The molecule has 2 aromatic heterocycles. The fourth-order valence-electron chi connectivity index (χ4n) is 3.12. The Balaban J connectivity index is 1.67. The summed E-state index contributed by atoms with van der Waals surface area (Å²) in [5, 5.41) is 5.69. The normalized spacial score (nSPS) is 10.7. The predicted octanol–water partition coefficient (Wildman–Crippen LogP) is 4.72. The van der Waals surface area contributed by atoms with Crippen molar-refractivity contribution in [2.24, 2.45) is 0 Å². The third-order valence-corrected chi connectivity index (χ3v) is 4.52. The zero-order valence-corrected chi connectivity index (χ0v) is 16.3. The van der Waals surface area contributed by atoms with Gasteiger partial charge in [0.25, 0.3) is 11.8 Å². The fraction of sp³-hybridized carbons (Fsp3) is 0.0435. The van der Waals surface area contributed by atoms with E-state index in [9.17, 15) is 18.4 Å². The molecule has 0 aliphatic rings. The molecule has 154 valence electrons. The van der Waals surface area contributed by atoms with E-state index in [1.54, 1.807) is 25.1 Å². The number of carbonyl (C=O) groups excluding carboxylic acids is 2. The summed E-state index contributed by atoms with van der Waals surface area (Å²) in [5.74, 6) is -2.13. The van der Waals surface area contributed by atoms with Gasteiger partial charge in [-0.1, -0.05) is 6.07 Å². The van der Waals surface area contributed by atoms with Gasteiger partial charge in [0.05, 0.1) is 22.5 Å². The summed E-state index contributed by atoms with van der Waals surface area (Å²) >= 11 is 0. The van der Waals surface area contributed by atoms with E-state index in [1.807, 2.05) is 0 Å². The Bertz CT molecular complexity index is 1300. The predicted molar refractivity (Wildman–Crippen MR) is 113 cm³/mol. The van der Waals surface area contributed by atoms with Gasteiger partial charge in [-0.15, -0.1) is 0 Å². The minimum Gasteiger partial charge on any atom is -0.320 e. The van der Waals surface area contributed by atoms with Crippen LogP contribution in [-0.2, 0) is 0 Å². The largest absolute Gasteiger partial charge is 0.320 e. The number of carbonyl (C=O) groups is 2. The van der Waals surface area contributed by atoms with Gasteiger partial charge in [0.2, 0.25) is 0 Å². The van der Waals surface area contributed by atoms with Gasteiger partial charge in [0, 0.05) is 23.3 Å². The molecule has 2 aromatic carbocycles. The van der Waals surface area contributed by atoms with Crippen LogP contribution in [0.2, 0.25) is 0 Å². The lowest BCUT2D eigenvalue weighted by molar-refractivity contribution is 0.101. The van der Waals surface area contributed by atoms with E-state index in [2.05, 4.69) is 20.6 Å². The Kier molecular flexibility index (Phi) is 5.36. The lowest BCUT2D eigenvalue weighted by Crippen LogP contribution is -2.18. The highest BCUT2D eigenvalue weighted by molar-refractivity contribution is 6.14. The smallest absolute Gasteiger partial charge is 0.274 e. The maximum atomic E-state index is 13.9. The molecule has 0 aliphatic heterocycles. The summed E-state index contributed by atoms with van der Waals surface area (Å²) in [7, 11) is 0. The zero-order valence-electron chi connectivity index (χ0n) is 16.3. The van der Waals surface area contributed by atoms with Crippen molar-refractivity contribution in [1.82, 2.24) is 9.97 Å². The number of nitrogens with one attached hydrogen (secondary N) is 2. The zero-order chi connectivity index (χ0) is 22.0. The molecule has 8 heteroatoms. The number of fused-ring (bicyclic) bond motifs is 1. The number of hydrogen-bond acceptors (Lipinski definition) is 4. The number of benzene rings is 2. The maximum absolute atomic E-state index is 13.9. The maximum Gasteiger partial charge on any atom is 0.274 e. The van der Waals surface area contributed by atoms with E-state index in [0.717, 1.165) is 6.07 Å². The molecule has 0 bridgehead atoms. The van der Waals surface area contributed by atoms with Crippen LogP contribution in [0.1, 0.15) is 26.5 Å². The van der Waals surface area contributed by atoms with Gasteiger partial charge in [-0.05, 0) is 55.5 Å². The van der Waals surface area contributed by atoms with Crippen molar-refractivity contribution in [1.29, 1.82) is 0 Å². The number of aryl methyl sites for hydroxylation is 1. The molecule has 4 aromatic rings. The molecule has 0 spiro atoms. The molecule has 31 heavy (non-hydrogen) atoms. The molecule has 0 aliphatic carbocycles. The highest BCUT2D eigenvalue weighted by atomic mass is 19.1. The third-order valence-electron chi connectivity index (χ3n) is 4.52. The van der Waals surface area contributed by atoms with Crippen LogP contribution in [0.4, 0.5) is 20.2 Å². The van der Waals surface area contributed by atoms with Crippen molar-refractivity contribution >= 4 is 34.1 Å². The van der Waals surface area contributed by atoms with E-state index in [1.165, 1.54) is 42.6 Å². The fourth-order valence-corrected chi connectivity index (χ4v) is 3.12. The van der Waals surface area contributed by atoms with Crippen molar-refractivity contribution in [3.8, 4) is 0 Å². The van der Waals surface area contributed by atoms with E-state index < -0.39 is 23.4 Å². The number of pyridine rings is 2. The summed E-state index contributed by atoms with van der Waals surface area (Å²) < 4.78 is 27.5. The molecule has 6 nitrogen and oxygen atoms in total. The van der Waals surface area contributed by atoms with E-state index >= 15 is 0 Å². The summed E-state index contributed by atoms with van der Waals surface area (Å²) in [6.07, 6.45) is 1.47. The van der Waals surface area contributed by atoms with Gasteiger partial charge >= 0.3 is 0 Å². The van der Waals surface area contributed by atoms with E-state index in [4.69, 9.17) is 0 Å². The number of anilines is 2. The number of nitrogens with zero attached hydrogens (tertiary/aromatic N) is 2. The second-order valence-electron chi connectivity index (χ2n) is 6.79. The van der Waals surface area contributed by atoms with Crippen molar-refractivity contribution < 1.29 is 18.4 Å². The van der Waals surface area contributed by atoms with Gasteiger partial charge < -0.3 is 10.6 Å². The molecule has 0 unspecified atom stereocenters. The number of rotatable bonds is 4. The van der Waals surface area contributed by atoms with Crippen LogP contribution in [0.5, 0.6) is 0 Å². The van der Waals surface area contributed by atoms with Crippen molar-refractivity contribution in [3.63, 3.8) is 0 Å². The van der Waals surface area contributed by atoms with Crippen LogP contribution in [0.3, 0.4) is 0 Å². The molecular weight excluding hydrogens is 402 g/mol. The lowest BCUT2D eigenvalue weighted by atomic mass is 10.1. The molecule has 0 radical (unpaired) electrons. The SMILES string of the molecule is Cc1cc(C(=O)Nc2cc(F)ccc2NC(=O)c2ccccn2)c2ccc(F)cc2n1. The van der Waals surface area contributed by atoms with Gasteiger partial charge in [-0.25, -0.2) is 8.78 Å². The summed E-state index contributed by atoms with van der Waals surface area (Å²) in [5.41, 5.74) is 1.53. The first-order valence-corrected chi connectivity index (χ1v) is 9.31. The number of halogens is 2. The summed E-state index contributed by atoms with van der Waals surface area (Å²) in [4.78, 5) is 33.7. The molecule has 0 saturated carbocycles. The second kappa shape index (κ2) is 8.27. The monoisotopic (exact) mass is 418 g/mol. The molecule has 4 rings (SSSR count). The number of amides is 2. The van der Waals surface area contributed by atoms with Crippen LogP contribution in [0, 0.1) is 18.6 Å². The molecule has 2 amide bonds. The van der Waals surface area contributed by atoms with Crippen LogP contribution >= 0.6 is 0 Å². The average molecular weight is 418 g/mol. The van der Waals surface area contributed by atoms with Gasteiger partial charge in [0.15, 0.2) is 0 Å². The minimum atomic E-state index is -0.594. The highest BCUT2D eigenvalue weighted by Gasteiger charge is 2.17. The standard InChI is InChI=1S/C23H16F2N4O2/c1-13-10-17(16-7-5-14(24)11-20(16)27-13)22(30)29-21-12-15(25)6-8-18(21)28-23(31)19-4-2-3-9-26-19/h2-12H,1H3,(H,28,31)(H,29,30). The van der Waals surface area contributed by atoms with Crippen LogP contribution in [-0.4, -0.2) is 21.8 Å². The van der Waals surface area contributed by atoms with Crippen LogP contribution in [0.25, 0.3) is 10.9 Å². The Morgan fingerprint density at radius 1 is 0.839 bits per heavy atom. The Morgan fingerprint density at radius 2 is 1.58 bits per heavy atom. The second-order valence-corrected chi connectivity index (χ2v) is 6.79. The lowest BCUT2D eigenvalue weighted by Gasteiger charge is -2.14. The first-order chi connectivity index (χ1) is 14.9. The van der Waals surface area contributed by atoms with Gasteiger partial charge in [-0.2, -0.15) is 0 Å². The quantitative estimate of drug-likeness (QED) is 0.502. The van der Waals surface area contributed by atoms with Crippen LogP contribution < -0.4 is 10.6 Å². The molecular formula is C23H16F2N4O2. The van der Waals surface area contributed by atoms with E-state index in [0.29, 0.717) is 16.6 Å². The van der Waals surface area contributed by atoms with Crippen molar-refractivity contribution in [2.45, 2.75) is 6.92 Å². The van der Waals surface area contributed by atoms with Crippen LogP contribution in [0.15, 0.2) is 66.9 Å². The topological polar surface area (TPSA) is 84.0 Å². The van der Waals surface area contributed by atoms with Gasteiger partial charge in [-0.3, -0.25) is 19.6 Å². The molecule has 0 saturated heterocycles. The first-order valence-electron chi connectivity index (χ1n) is 9.31. The molecule has 0 fully saturated rings. The summed E-state index contributed by atoms with van der Waals surface area (Å²) in [6, 6.07) is 14.0. The van der Waals surface area contributed by atoms with Crippen molar-refractivity contribution in [2.75, 3.05) is 10.6 Å². The third kappa shape index (κ3) is 4.37. The average Bonchev–Trinajstić information content (AvgIpc) is 2.75. The Hall–Kier alpha value is -4.20. The Morgan fingerprint density at radius 3 is 2.35 bits per heavy atom.